The Hall–Kier alpha value is -1.16. The van der Waals surface area contributed by atoms with Gasteiger partial charge in [0.25, 0.3) is 0 Å². The van der Waals surface area contributed by atoms with Crippen molar-refractivity contribution in [3.05, 3.63) is 18.0 Å². The van der Waals surface area contributed by atoms with Gasteiger partial charge in [-0.25, -0.2) is 9.97 Å². The van der Waals surface area contributed by atoms with Crippen LogP contribution in [0, 0.1) is 0 Å². The highest BCUT2D eigenvalue weighted by Gasteiger charge is 2.22. The van der Waals surface area contributed by atoms with Crippen molar-refractivity contribution < 1.29 is 5.11 Å². The van der Waals surface area contributed by atoms with Crippen molar-refractivity contribution in [1.82, 2.24) is 9.97 Å². The highest BCUT2D eigenvalue weighted by molar-refractivity contribution is 5.32. The third-order valence-corrected chi connectivity index (χ3v) is 2.77. The van der Waals surface area contributed by atoms with Crippen molar-refractivity contribution in [3.8, 4) is 0 Å². The molecule has 0 amide bonds. The van der Waals surface area contributed by atoms with Gasteiger partial charge >= 0.3 is 0 Å². The average molecular weight is 207 g/mol. The second-order valence-electron chi connectivity index (χ2n) is 4.36. The Labute approximate surface area is 90.0 Å². The molecule has 1 N–H and O–H groups in total. The van der Waals surface area contributed by atoms with E-state index in [4.69, 9.17) is 0 Å². The molecule has 82 valence electrons. The molecule has 4 heteroatoms. The molecule has 1 unspecified atom stereocenters. The minimum atomic E-state index is -0.224. The van der Waals surface area contributed by atoms with E-state index < -0.39 is 0 Å². The van der Waals surface area contributed by atoms with Gasteiger partial charge in [-0.3, -0.25) is 0 Å². The standard InChI is InChI=1S/C11H17N3O/c1-8(2)9-5-12-11(13-6-9)14-4-3-10(15)7-14/h5-6,8,10,15H,3-4,7H2,1-2H3. The van der Waals surface area contributed by atoms with E-state index in [1.807, 2.05) is 17.3 Å². The van der Waals surface area contributed by atoms with E-state index in [9.17, 15) is 5.11 Å². The lowest BCUT2D eigenvalue weighted by molar-refractivity contribution is 0.198. The first kappa shape index (κ1) is 10.4. The van der Waals surface area contributed by atoms with E-state index in [1.165, 1.54) is 0 Å². The van der Waals surface area contributed by atoms with Crippen molar-refractivity contribution in [2.24, 2.45) is 0 Å². The Morgan fingerprint density at radius 1 is 1.40 bits per heavy atom. The number of aromatic nitrogens is 2. The second kappa shape index (κ2) is 4.14. The quantitative estimate of drug-likeness (QED) is 0.791. The van der Waals surface area contributed by atoms with Crippen LogP contribution in [0.5, 0.6) is 0 Å². The summed E-state index contributed by atoms with van der Waals surface area (Å²) in [6.45, 7) is 5.75. The molecule has 0 aromatic carbocycles. The largest absolute Gasteiger partial charge is 0.391 e. The van der Waals surface area contributed by atoms with Gasteiger partial charge in [0.1, 0.15) is 0 Å². The molecule has 1 saturated heterocycles. The summed E-state index contributed by atoms with van der Waals surface area (Å²) in [6, 6.07) is 0. The Morgan fingerprint density at radius 3 is 2.53 bits per heavy atom. The fraction of sp³-hybridized carbons (Fsp3) is 0.636. The molecule has 0 aliphatic carbocycles. The highest BCUT2D eigenvalue weighted by Crippen LogP contribution is 2.17. The van der Waals surface area contributed by atoms with E-state index in [2.05, 4.69) is 23.8 Å². The Morgan fingerprint density at radius 2 is 2.07 bits per heavy atom. The Bertz CT molecular complexity index is 323. The summed E-state index contributed by atoms with van der Waals surface area (Å²) >= 11 is 0. The molecule has 0 saturated carbocycles. The smallest absolute Gasteiger partial charge is 0.225 e. The van der Waals surface area contributed by atoms with Gasteiger partial charge in [-0.1, -0.05) is 13.8 Å². The van der Waals surface area contributed by atoms with Crippen LogP contribution >= 0.6 is 0 Å². The summed E-state index contributed by atoms with van der Waals surface area (Å²) in [4.78, 5) is 10.7. The maximum absolute atomic E-state index is 9.41. The van der Waals surface area contributed by atoms with Gasteiger partial charge in [-0.2, -0.15) is 0 Å². The van der Waals surface area contributed by atoms with Crippen LogP contribution in [0.25, 0.3) is 0 Å². The average Bonchev–Trinajstić information content (AvgIpc) is 2.65. The molecule has 0 spiro atoms. The molecule has 1 aliphatic heterocycles. The van der Waals surface area contributed by atoms with Crippen molar-refractivity contribution in [1.29, 1.82) is 0 Å². The topological polar surface area (TPSA) is 49.2 Å². The first-order valence-corrected chi connectivity index (χ1v) is 5.42. The summed E-state index contributed by atoms with van der Waals surface area (Å²) < 4.78 is 0. The van der Waals surface area contributed by atoms with Crippen LogP contribution in [0.1, 0.15) is 31.7 Å². The summed E-state index contributed by atoms with van der Waals surface area (Å²) in [6.07, 6.45) is 4.34. The zero-order valence-corrected chi connectivity index (χ0v) is 9.22. The minimum absolute atomic E-state index is 0.224. The van der Waals surface area contributed by atoms with Gasteiger partial charge in [0, 0.05) is 25.5 Å². The number of rotatable bonds is 2. The molecule has 1 aromatic rings. The number of β-amino-alcohol motifs (C(OH)–C–C–N with tert-alkyl or cyclic N) is 1. The van der Waals surface area contributed by atoms with Crippen LogP contribution < -0.4 is 4.90 Å². The normalized spacial score (nSPS) is 21.3. The molecule has 1 aliphatic rings. The minimum Gasteiger partial charge on any atom is -0.391 e. The van der Waals surface area contributed by atoms with E-state index in [1.54, 1.807) is 0 Å². The van der Waals surface area contributed by atoms with Crippen molar-refractivity contribution in [2.75, 3.05) is 18.0 Å². The molecule has 4 nitrogen and oxygen atoms in total. The summed E-state index contributed by atoms with van der Waals surface area (Å²) in [7, 11) is 0. The predicted octanol–water partition coefficient (Wildman–Crippen LogP) is 1.17. The molecular weight excluding hydrogens is 190 g/mol. The van der Waals surface area contributed by atoms with Gasteiger partial charge in [-0.15, -0.1) is 0 Å². The maximum Gasteiger partial charge on any atom is 0.225 e. The van der Waals surface area contributed by atoms with E-state index in [-0.39, 0.29) is 6.10 Å². The number of anilines is 1. The predicted molar refractivity (Wildman–Crippen MR) is 59.0 cm³/mol. The second-order valence-corrected chi connectivity index (χ2v) is 4.36. The first-order chi connectivity index (χ1) is 7.16. The Balaban J connectivity index is 2.10. The van der Waals surface area contributed by atoms with Crippen LogP contribution in [0.4, 0.5) is 5.95 Å². The summed E-state index contributed by atoms with van der Waals surface area (Å²) in [5.41, 5.74) is 1.15. The number of hydrogen-bond donors (Lipinski definition) is 1. The van der Waals surface area contributed by atoms with Gasteiger partial charge in [-0.05, 0) is 17.9 Å². The monoisotopic (exact) mass is 207 g/mol. The third-order valence-electron chi connectivity index (χ3n) is 2.77. The lowest BCUT2D eigenvalue weighted by atomic mass is 10.1. The van der Waals surface area contributed by atoms with Gasteiger partial charge in [0.15, 0.2) is 0 Å². The molecule has 15 heavy (non-hydrogen) atoms. The lowest BCUT2D eigenvalue weighted by Crippen LogP contribution is -2.23. The third kappa shape index (κ3) is 2.26. The van der Waals surface area contributed by atoms with Crippen LogP contribution in [-0.4, -0.2) is 34.3 Å². The molecule has 1 fully saturated rings. The zero-order valence-electron chi connectivity index (χ0n) is 9.22. The first-order valence-electron chi connectivity index (χ1n) is 5.42. The molecule has 2 heterocycles. The lowest BCUT2D eigenvalue weighted by Gasteiger charge is -2.15. The summed E-state index contributed by atoms with van der Waals surface area (Å²) in [5.74, 6) is 1.19. The molecule has 0 radical (unpaired) electrons. The van der Waals surface area contributed by atoms with Gasteiger partial charge in [0.05, 0.1) is 6.10 Å². The van der Waals surface area contributed by atoms with Crippen molar-refractivity contribution >= 4 is 5.95 Å². The van der Waals surface area contributed by atoms with Gasteiger partial charge < -0.3 is 10.0 Å². The summed E-state index contributed by atoms with van der Waals surface area (Å²) in [5, 5.41) is 9.41. The maximum atomic E-state index is 9.41. The van der Waals surface area contributed by atoms with E-state index in [0.717, 1.165) is 24.5 Å². The fourth-order valence-electron chi connectivity index (χ4n) is 1.72. The molecule has 1 aromatic heterocycles. The van der Waals surface area contributed by atoms with E-state index >= 15 is 0 Å². The molecule has 0 bridgehead atoms. The highest BCUT2D eigenvalue weighted by atomic mass is 16.3. The number of hydrogen-bond acceptors (Lipinski definition) is 4. The van der Waals surface area contributed by atoms with Crippen LogP contribution in [0.15, 0.2) is 12.4 Å². The van der Waals surface area contributed by atoms with Crippen molar-refractivity contribution in [3.63, 3.8) is 0 Å². The van der Waals surface area contributed by atoms with E-state index in [0.29, 0.717) is 12.5 Å². The Kier molecular flexibility index (Phi) is 2.86. The fourth-order valence-corrected chi connectivity index (χ4v) is 1.72. The SMILES string of the molecule is CC(C)c1cnc(N2CCC(O)C2)nc1. The molecule has 2 rings (SSSR count). The van der Waals surface area contributed by atoms with Crippen LogP contribution in [0.2, 0.25) is 0 Å². The van der Waals surface area contributed by atoms with Crippen molar-refractivity contribution in [2.45, 2.75) is 32.3 Å². The number of aliphatic hydroxyl groups is 1. The zero-order chi connectivity index (χ0) is 10.8. The van der Waals surface area contributed by atoms with Gasteiger partial charge in [0.2, 0.25) is 5.95 Å². The molecular formula is C11H17N3O. The van der Waals surface area contributed by atoms with Crippen LogP contribution in [0.3, 0.4) is 0 Å². The molecule has 1 atom stereocenters. The van der Waals surface area contributed by atoms with Crippen LogP contribution in [-0.2, 0) is 0 Å². The number of aliphatic hydroxyl groups excluding tert-OH is 1. The number of nitrogens with zero attached hydrogens (tertiary/aromatic N) is 3.